The number of aryl methyl sites for hydroxylation is 3. The Kier molecular flexibility index (Phi) is 3.68. The van der Waals surface area contributed by atoms with Crippen molar-refractivity contribution >= 4 is 34.2 Å². The van der Waals surface area contributed by atoms with Gasteiger partial charge in [-0.25, -0.2) is 4.98 Å². The van der Waals surface area contributed by atoms with E-state index in [-0.39, 0.29) is 0 Å². The van der Waals surface area contributed by atoms with Crippen molar-refractivity contribution in [1.82, 2.24) is 19.3 Å². The van der Waals surface area contributed by atoms with Crippen molar-refractivity contribution in [3.8, 4) is 0 Å². The Morgan fingerprint density at radius 3 is 2.80 bits per heavy atom. The monoisotopic (exact) mass is 308 g/mol. The van der Waals surface area contributed by atoms with Crippen LogP contribution < -0.4 is 0 Å². The number of nitrogens with zero attached hydrogens (tertiary/aromatic N) is 4. The fraction of sp³-hybridized carbons (Fsp3) is 0.286. The Bertz CT molecular complexity index is 745. The number of hydrogen-bond donors (Lipinski definition) is 0. The van der Waals surface area contributed by atoms with Crippen LogP contribution in [0, 0.1) is 6.92 Å². The second-order valence-electron chi connectivity index (χ2n) is 4.73. The Balaban J connectivity index is 1.94. The number of halogens is 2. The van der Waals surface area contributed by atoms with Crippen molar-refractivity contribution in [2.75, 3.05) is 0 Å². The largest absolute Gasteiger partial charge is 0.325 e. The lowest BCUT2D eigenvalue weighted by Gasteiger charge is -2.08. The van der Waals surface area contributed by atoms with E-state index >= 15 is 0 Å². The summed E-state index contributed by atoms with van der Waals surface area (Å²) >= 11 is 12.1. The quantitative estimate of drug-likeness (QED) is 0.690. The molecule has 0 radical (unpaired) electrons. The molecule has 0 bridgehead atoms. The van der Waals surface area contributed by atoms with Crippen molar-refractivity contribution < 1.29 is 0 Å². The normalized spacial score (nSPS) is 11.3. The molecule has 0 saturated heterocycles. The molecule has 0 unspecified atom stereocenters. The summed E-state index contributed by atoms with van der Waals surface area (Å²) in [5.41, 5.74) is 3.08. The number of rotatable bonds is 4. The van der Waals surface area contributed by atoms with Crippen molar-refractivity contribution in [1.29, 1.82) is 0 Å². The average Bonchev–Trinajstić information content (AvgIpc) is 2.99. The van der Waals surface area contributed by atoms with E-state index in [2.05, 4.69) is 14.6 Å². The molecule has 4 nitrogen and oxygen atoms in total. The predicted octanol–water partition coefficient (Wildman–Crippen LogP) is 3.63. The summed E-state index contributed by atoms with van der Waals surface area (Å²) in [7, 11) is 0. The lowest BCUT2D eigenvalue weighted by Crippen LogP contribution is -2.10. The van der Waals surface area contributed by atoms with E-state index in [0.717, 1.165) is 35.5 Å². The molecule has 0 aliphatic carbocycles. The van der Waals surface area contributed by atoms with Gasteiger partial charge in [-0.15, -0.1) is 11.6 Å². The van der Waals surface area contributed by atoms with Crippen LogP contribution in [-0.4, -0.2) is 19.3 Å². The summed E-state index contributed by atoms with van der Waals surface area (Å²) in [6.45, 7) is 3.57. The molecule has 1 aromatic carbocycles. The molecule has 0 N–H and O–H groups in total. The van der Waals surface area contributed by atoms with E-state index < -0.39 is 0 Å². The van der Waals surface area contributed by atoms with E-state index in [1.807, 2.05) is 42.2 Å². The van der Waals surface area contributed by atoms with Gasteiger partial charge < -0.3 is 4.57 Å². The fourth-order valence-electron chi connectivity index (χ4n) is 2.29. The zero-order valence-electron chi connectivity index (χ0n) is 11.1. The molecule has 2 aromatic heterocycles. The number of benzene rings is 1. The third-order valence-electron chi connectivity index (χ3n) is 3.22. The molecule has 0 amide bonds. The summed E-state index contributed by atoms with van der Waals surface area (Å²) in [5.74, 6) is 1.23. The van der Waals surface area contributed by atoms with E-state index in [0.29, 0.717) is 10.9 Å². The van der Waals surface area contributed by atoms with Gasteiger partial charge in [-0.2, -0.15) is 5.10 Å². The number of hydrogen-bond acceptors (Lipinski definition) is 2. The zero-order chi connectivity index (χ0) is 14.1. The van der Waals surface area contributed by atoms with Gasteiger partial charge in [0.1, 0.15) is 5.82 Å². The summed E-state index contributed by atoms with van der Waals surface area (Å²) < 4.78 is 4.02. The van der Waals surface area contributed by atoms with Gasteiger partial charge in [0.25, 0.3) is 0 Å². The van der Waals surface area contributed by atoms with Crippen LogP contribution in [0.5, 0.6) is 0 Å². The first-order valence-electron chi connectivity index (χ1n) is 6.37. The van der Waals surface area contributed by atoms with Crippen LogP contribution >= 0.6 is 23.2 Å². The van der Waals surface area contributed by atoms with E-state index in [4.69, 9.17) is 23.2 Å². The Labute approximate surface area is 126 Å². The molecular weight excluding hydrogens is 295 g/mol. The van der Waals surface area contributed by atoms with E-state index in [1.54, 1.807) is 0 Å². The van der Waals surface area contributed by atoms with Crippen molar-refractivity contribution in [3.05, 3.63) is 47.0 Å². The van der Waals surface area contributed by atoms with Crippen LogP contribution in [0.15, 0.2) is 30.6 Å². The highest BCUT2D eigenvalue weighted by atomic mass is 35.5. The fourth-order valence-corrected chi connectivity index (χ4v) is 2.66. The maximum atomic E-state index is 6.07. The molecular formula is C14H14Cl2N4. The minimum atomic E-state index is 0.379. The molecule has 0 saturated carbocycles. The van der Waals surface area contributed by atoms with Gasteiger partial charge in [0.15, 0.2) is 0 Å². The SMILES string of the molecule is Cc1cnn(CCn2c(CCl)nc3ccc(Cl)cc32)c1. The van der Waals surface area contributed by atoms with Gasteiger partial charge in [0, 0.05) is 17.8 Å². The molecule has 0 atom stereocenters. The minimum absolute atomic E-state index is 0.379. The summed E-state index contributed by atoms with van der Waals surface area (Å²) in [5, 5.41) is 5.00. The van der Waals surface area contributed by atoms with Crippen molar-refractivity contribution in [3.63, 3.8) is 0 Å². The second-order valence-corrected chi connectivity index (χ2v) is 5.43. The predicted molar refractivity (Wildman–Crippen MR) is 81.3 cm³/mol. The van der Waals surface area contributed by atoms with Crippen LogP contribution in [-0.2, 0) is 19.0 Å². The van der Waals surface area contributed by atoms with Crippen LogP contribution in [0.4, 0.5) is 0 Å². The zero-order valence-corrected chi connectivity index (χ0v) is 12.6. The van der Waals surface area contributed by atoms with E-state index in [1.165, 1.54) is 0 Å². The Morgan fingerprint density at radius 1 is 1.25 bits per heavy atom. The van der Waals surface area contributed by atoms with Crippen molar-refractivity contribution in [2.45, 2.75) is 25.9 Å². The highest BCUT2D eigenvalue weighted by Crippen LogP contribution is 2.21. The third-order valence-corrected chi connectivity index (χ3v) is 3.70. The van der Waals surface area contributed by atoms with E-state index in [9.17, 15) is 0 Å². The topological polar surface area (TPSA) is 35.6 Å². The first kappa shape index (κ1) is 13.5. The Hall–Kier alpha value is -1.52. The first-order valence-corrected chi connectivity index (χ1v) is 7.28. The summed E-state index contributed by atoms with van der Waals surface area (Å²) in [6, 6.07) is 5.69. The lowest BCUT2D eigenvalue weighted by atomic mass is 10.3. The number of alkyl halides is 1. The number of fused-ring (bicyclic) bond motifs is 1. The van der Waals surface area contributed by atoms with Gasteiger partial charge in [0.05, 0.1) is 29.7 Å². The minimum Gasteiger partial charge on any atom is -0.325 e. The molecule has 0 fully saturated rings. The van der Waals surface area contributed by atoms with Crippen LogP contribution in [0.1, 0.15) is 11.4 Å². The smallest absolute Gasteiger partial charge is 0.124 e. The average molecular weight is 309 g/mol. The highest BCUT2D eigenvalue weighted by Gasteiger charge is 2.10. The van der Waals surface area contributed by atoms with Gasteiger partial charge in [-0.1, -0.05) is 11.6 Å². The van der Waals surface area contributed by atoms with Crippen molar-refractivity contribution in [2.24, 2.45) is 0 Å². The Morgan fingerprint density at radius 2 is 2.10 bits per heavy atom. The molecule has 3 aromatic rings. The van der Waals surface area contributed by atoms with Gasteiger partial charge in [-0.3, -0.25) is 4.68 Å². The van der Waals surface area contributed by atoms with Gasteiger partial charge in [0.2, 0.25) is 0 Å². The standard InChI is InChI=1S/C14H14Cl2N4/c1-10-8-17-19(9-10)4-5-20-13-6-11(16)2-3-12(13)18-14(20)7-15/h2-3,6,8-9H,4-5,7H2,1H3. The molecule has 0 aliphatic rings. The third kappa shape index (κ3) is 2.53. The second kappa shape index (κ2) is 5.46. The molecule has 6 heteroatoms. The number of aromatic nitrogens is 4. The molecule has 20 heavy (non-hydrogen) atoms. The van der Waals surface area contributed by atoms with Crippen LogP contribution in [0.2, 0.25) is 5.02 Å². The van der Waals surface area contributed by atoms with Gasteiger partial charge >= 0.3 is 0 Å². The molecule has 0 aliphatic heterocycles. The molecule has 0 spiro atoms. The molecule has 2 heterocycles. The lowest BCUT2D eigenvalue weighted by molar-refractivity contribution is 0.533. The number of imidazole rings is 1. The maximum absolute atomic E-state index is 6.07. The highest BCUT2D eigenvalue weighted by molar-refractivity contribution is 6.31. The first-order chi connectivity index (χ1) is 9.67. The summed E-state index contributed by atoms with van der Waals surface area (Å²) in [6.07, 6.45) is 3.87. The van der Waals surface area contributed by atoms with Crippen LogP contribution in [0.25, 0.3) is 11.0 Å². The van der Waals surface area contributed by atoms with Crippen LogP contribution in [0.3, 0.4) is 0 Å². The maximum Gasteiger partial charge on any atom is 0.124 e. The summed E-state index contributed by atoms with van der Waals surface area (Å²) in [4.78, 5) is 4.53. The molecule has 104 valence electrons. The molecule has 3 rings (SSSR count). The van der Waals surface area contributed by atoms with Gasteiger partial charge in [-0.05, 0) is 30.7 Å².